The molecule has 21 heavy (non-hydrogen) atoms. The van der Waals surface area contributed by atoms with E-state index in [9.17, 15) is 4.79 Å². The molecule has 1 aliphatic heterocycles. The fourth-order valence-electron chi connectivity index (χ4n) is 2.86. The third kappa shape index (κ3) is 5.46. The third-order valence-corrected chi connectivity index (χ3v) is 3.92. The molecule has 1 aliphatic rings. The van der Waals surface area contributed by atoms with Crippen LogP contribution in [0.1, 0.15) is 38.7 Å². The Hall–Kier alpha value is -1.42. The molecule has 4 nitrogen and oxygen atoms in total. The molecule has 0 radical (unpaired) electrons. The molecule has 1 amide bonds. The third-order valence-electron chi connectivity index (χ3n) is 3.92. The van der Waals surface area contributed by atoms with Crippen LogP contribution in [0.4, 0.5) is 0 Å². The van der Waals surface area contributed by atoms with Crippen LogP contribution in [0.5, 0.6) is 0 Å². The molecule has 1 N–H and O–H groups in total. The number of pyridine rings is 1. The monoisotopic (exact) mass is 289 g/mol. The number of nitrogens with zero attached hydrogens (tertiary/aromatic N) is 2. The SMILES string of the molecule is CC(C)CN(CC1CCCN1)C(=O)CCc1ccncc1. The molecule has 0 aromatic carbocycles. The predicted molar refractivity (Wildman–Crippen MR) is 85.0 cm³/mol. The summed E-state index contributed by atoms with van der Waals surface area (Å²) >= 11 is 0. The molecule has 2 rings (SSSR count). The Balaban J connectivity index is 1.87. The van der Waals surface area contributed by atoms with Crippen LogP contribution in [0.25, 0.3) is 0 Å². The first-order valence-electron chi connectivity index (χ1n) is 8.05. The summed E-state index contributed by atoms with van der Waals surface area (Å²) in [4.78, 5) is 18.6. The van der Waals surface area contributed by atoms with Crippen LogP contribution in [-0.4, -0.2) is 41.5 Å². The van der Waals surface area contributed by atoms with Crippen molar-refractivity contribution in [3.8, 4) is 0 Å². The van der Waals surface area contributed by atoms with E-state index in [4.69, 9.17) is 0 Å². The van der Waals surface area contributed by atoms with E-state index in [-0.39, 0.29) is 5.91 Å². The number of carbonyl (C=O) groups excluding carboxylic acids is 1. The molecule has 1 aromatic rings. The van der Waals surface area contributed by atoms with Gasteiger partial charge in [0.1, 0.15) is 0 Å². The summed E-state index contributed by atoms with van der Waals surface area (Å²) in [7, 11) is 0. The van der Waals surface area contributed by atoms with E-state index in [0.29, 0.717) is 18.4 Å². The number of hydrogen-bond donors (Lipinski definition) is 1. The standard InChI is InChI=1S/C17H27N3O/c1-14(2)12-20(13-16-4-3-9-19-16)17(21)6-5-15-7-10-18-11-8-15/h7-8,10-11,14,16,19H,3-6,9,12-13H2,1-2H3. The average Bonchev–Trinajstić information content (AvgIpc) is 2.98. The van der Waals surface area contributed by atoms with Gasteiger partial charge in [-0.2, -0.15) is 0 Å². The number of amides is 1. The zero-order chi connectivity index (χ0) is 15.1. The maximum absolute atomic E-state index is 12.5. The molecular weight excluding hydrogens is 262 g/mol. The first-order chi connectivity index (χ1) is 10.1. The van der Waals surface area contributed by atoms with E-state index >= 15 is 0 Å². The van der Waals surface area contributed by atoms with Gasteiger partial charge in [0.25, 0.3) is 0 Å². The minimum Gasteiger partial charge on any atom is -0.341 e. The zero-order valence-electron chi connectivity index (χ0n) is 13.2. The highest BCUT2D eigenvalue weighted by Gasteiger charge is 2.21. The lowest BCUT2D eigenvalue weighted by atomic mass is 10.1. The van der Waals surface area contributed by atoms with Crippen molar-refractivity contribution in [1.29, 1.82) is 0 Å². The Bertz CT molecular complexity index is 427. The molecular formula is C17H27N3O. The Labute approximate surface area is 127 Å². The smallest absolute Gasteiger partial charge is 0.222 e. The summed E-state index contributed by atoms with van der Waals surface area (Å²) in [5.41, 5.74) is 1.18. The molecule has 0 aliphatic carbocycles. The van der Waals surface area contributed by atoms with Crippen LogP contribution in [0.15, 0.2) is 24.5 Å². The van der Waals surface area contributed by atoms with Gasteiger partial charge < -0.3 is 10.2 Å². The lowest BCUT2D eigenvalue weighted by Gasteiger charge is -2.27. The summed E-state index contributed by atoms with van der Waals surface area (Å²) in [5.74, 6) is 0.783. The van der Waals surface area contributed by atoms with Gasteiger partial charge in [-0.3, -0.25) is 9.78 Å². The average molecular weight is 289 g/mol. The van der Waals surface area contributed by atoms with Crippen molar-refractivity contribution < 1.29 is 4.79 Å². The van der Waals surface area contributed by atoms with Crippen molar-refractivity contribution in [3.63, 3.8) is 0 Å². The Morgan fingerprint density at radius 3 is 2.81 bits per heavy atom. The topological polar surface area (TPSA) is 45.2 Å². The van der Waals surface area contributed by atoms with Crippen molar-refractivity contribution in [2.75, 3.05) is 19.6 Å². The summed E-state index contributed by atoms with van der Waals surface area (Å²) in [6.07, 6.45) is 7.37. The van der Waals surface area contributed by atoms with Gasteiger partial charge in [0.2, 0.25) is 5.91 Å². The van der Waals surface area contributed by atoms with E-state index in [2.05, 4.69) is 29.0 Å². The summed E-state index contributed by atoms with van der Waals surface area (Å²) in [6, 6.07) is 4.45. The molecule has 1 atom stereocenters. The van der Waals surface area contributed by atoms with Crippen molar-refractivity contribution in [2.45, 2.75) is 45.6 Å². The normalized spacial score (nSPS) is 18.1. The van der Waals surface area contributed by atoms with Crippen LogP contribution >= 0.6 is 0 Å². The summed E-state index contributed by atoms with van der Waals surface area (Å²) < 4.78 is 0. The minimum atomic E-state index is 0.272. The molecule has 4 heteroatoms. The molecule has 0 bridgehead atoms. The second-order valence-electron chi connectivity index (χ2n) is 6.34. The van der Waals surface area contributed by atoms with Crippen molar-refractivity contribution in [3.05, 3.63) is 30.1 Å². The number of carbonyl (C=O) groups is 1. The lowest BCUT2D eigenvalue weighted by Crippen LogP contribution is -2.42. The van der Waals surface area contributed by atoms with Gasteiger partial charge in [-0.25, -0.2) is 0 Å². The number of aromatic nitrogens is 1. The van der Waals surface area contributed by atoms with E-state index < -0.39 is 0 Å². The van der Waals surface area contributed by atoms with E-state index in [1.165, 1.54) is 18.4 Å². The van der Waals surface area contributed by atoms with Crippen molar-refractivity contribution in [1.82, 2.24) is 15.2 Å². The maximum Gasteiger partial charge on any atom is 0.222 e. The first kappa shape index (κ1) is 16.0. The van der Waals surface area contributed by atoms with E-state index in [1.54, 1.807) is 12.4 Å². The molecule has 116 valence electrons. The number of hydrogen-bond acceptors (Lipinski definition) is 3. The van der Waals surface area contributed by atoms with Gasteiger partial charge in [-0.05, 0) is 49.4 Å². The van der Waals surface area contributed by atoms with Gasteiger partial charge >= 0.3 is 0 Å². The largest absolute Gasteiger partial charge is 0.341 e. The molecule has 1 saturated heterocycles. The fourth-order valence-corrected chi connectivity index (χ4v) is 2.86. The van der Waals surface area contributed by atoms with Gasteiger partial charge in [0.15, 0.2) is 0 Å². The molecule has 0 spiro atoms. The second-order valence-corrected chi connectivity index (χ2v) is 6.34. The van der Waals surface area contributed by atoms with Gasteiger partial charge in [0.05, 0.1) is 0 Å². The summed E-state index contributed by atoms with van der Waals surface area (Å²) in [5, 5.41) is 3.49. The Morgan fingerprint density at radius 2 is 2.19 bits per heavy atom. The fraction of sp³-hybridized carbons (Fsp3) is 0.647. The van der Waals surface area contributed by atoms with Crippen LogP contribution < -0.4 is 5.32 Å². The lowest BCUT2D eigenvalue weighted by molar-refractivity contribution is -0.132. The van der Waals surface area contributed by atoms with Gasteiger partial charge in [0, 0.05) is 37.9 Å². The highest BCUT2D eigenvalue weighted by Crippen LogP contribution is 2.11. The number of nitrogens with one attached hydrogen (secondary N) is 1. The first-order valence-corrected chi connectivity index (χ1v) is 8.05. The van der Waals surface area contributed by atoms with Crippen LogP contribution in [0.3, 0.4) is 0 Å². The van der Waals surface area contributed by atoms with E-state index in [1.807, 2.05) is 12.1 Å². The number of rotatable bonds is 7. The molecule has 1 unspecified atom stereocenters. The molecule has 1 fully saturated rings. The Morgan fingerprint density at radius 1 is 1.43 bits per heavy atom. The van der Waals surface area contributed by atoms with Crippen molar-refractivity contribution in [2.24, 2.45) is 5.92 Å². The molecule has 1 aromatic heterocycles. The van der Waals surface area contributed by atoms with Crippen molar-refractivity contribution >= 4 is 5.91 Å². The highest BCUT2D eigenvalue weighted by atomic mass is 16.2. The molecule has 0 saturated carbocycles. The zero-order valence-corrected chi connectivity index (χ0v) is 13.2. The van der Waals surface area contributed by atoms with Gasteiger partial charge in [-0.15, -0.1) is 0 Å². The van der Waals surface area contributed by atoms with Gasteiger partial charge in [-0.1, -0.05) is 13.8 Å². The molecule has 2 heterocycles. The maximum atomic E-state index is 12.5. The predicted octanol–water partition coefficient (Wildman–Crippen LogP) is 2.25. The summed E-state index contributed by atoms with van der Waals surface area (Å²) in [6.45, 7) is 7.14. The quantitative estimate of drug-likeness (QED) is 0.837. The Kier molecular flexibility index (Phi) is 6.18. The van der Waals surface area contributed by atoms with Crippen LogP contribution in [-0.2, 0) is 11.2 Å². The highest BCUT2D eigenvalue weighted by molar-refractivity contribution is 5.76. The minimum absolute atomic E-state index is 0.272. The number of aryl methyl sites for hydroxylation is 1. The van der Waals surface area contributed by atoms with Crippen LogP contribution in [0, 0.1) is 5.92 Å². The van der Waals surface area contributed by atoms with E-state index in [0.717, 1.165) is 26.1 Å². The second kappa shape index (κ2) is 8.13. The van der Waals surface area contributed by atoms with Crippen LogP contribution in [0.2, 0.25) is 0 Å².